The number of amides is 1. The van der Waals surface area contributed by atoms with Gasteiger partial charge in [-0.15, -0.1) is 0 Å². The highest BCUT2D eigenvalue weighted by Crippen LogP contribution is 2.17. The van der Waals surface area contributed by atoms with Gasteiger partial charge in [0.05, 0.1) is 12.3 Å². The molecule has 6 heteroatoms. The molecular weight excluding hydrogens is 339 g/mol. The first kappa shape index (κ1) is 15.5. The minimum atomic E-state index is -0.516. The van der Waals surface area contributed by atoms with Gasteiger partial charge in [-0.2, -0.15) is 0 Å². The molecule has 0 spiro atoms. The highest BCUT2D eigenvalue weighted by molar-refractivity contribution is 9.10. The fourth-order valence-electron chi connectivity index (χ4n) is 1.69. The lowest BCUT2D eigenvalue weighted by atomic mass is 10.2. The summed E-state index contributed by atoms with van der Waals surface area (Å²) in [5, 5.41) is 2.59. The predicted molar refractivity (Wildman–Crippen MR) is 83.2 cm³/mol. The molecule has 0 aliphatic rings. The highest BCUT2D eigenvalue weighted by atomic mass is 79.9. The normalized spacial score (nSPS) is 10.4. The van der Waals surface area contributed by atoms with Gasteiger partial charge in [-0.3, -0.25) is 4.79 Å². The summed E-state index contributed by atoms with van der Waals surface area (Å²) >= 11 is 3.40. The SMILES string of the molecule is Nc1cc(NC(=O)COCc2ccccc2Br)ccc1F. The van der Waals surface area contributed by atoms with E-state index in [0.29, 0.717) is 12.3 Å². The molecule has 0 aliphatic carbocycles. The quantitative estimate of drug-likeness (QED) is 0.811. The van der Waals surface area contributed by atoms with Crippen molar-refractivity contribution < 1.29 is 13.9 Å². The third-order valence-corrected chi connectivity index (χ3v) is 3.50. The van der Waals surface area contributed by atoms with Crippen molar-refractivity contribution in [1.29, 1.82) is 0 Å². The maximum Gasteiger partial charge on any atom is 0.250 e. The zero-order valence-electron chi connectivity index (χ0n) is 11.1. The van der Waals surface area contributed by atoms with Gasteiger partial charge in [-0.1, -0.05) is 34.1 Å². The molecule has 1 amide bonds. The summed E-state index contributed by atoms with van der Waals surface area (Å²) < 4.78 is 19.3. The Kier molecular flexibility index (Phi) is 5.30. The Labute approximate surface area is 130 Å². The predicted octanol–water partition coefficient (Wildman–Crippen LogP) is 3.33. The van der Waals surface area contributed by atoms with Crippen molar-refractivity contribution >= 4 is 33.2 Å². The van der Waals surface area contributed by atoms with Gasteiger partial charge >= 0.3 is 0 Å². The van der Waals surface area contributed by atoms with Crippen molar-refractivity contribution in [3.05, 3.63) is 58.3 Å². The van der Waals surface area contributed by atoms with E-state index in [0.717, 1.165) is 10.0 Å². The molecule has 0 heterocycles. The van der Waals surface area contributed by atoms with E-state index in [1.54, 1.807) is 0 Å². The van der Waals surface area contributed by atoms with Crippen LogP contribution in [0.1, 0.15) is 5.56 Å². The largest absolute Gasteiger partial charge is 0.396 e. The Hall–Kier alpha value is -1.92. The third kappa shape index (κ3) is 4.54. The van der Waals surface area contributed by atoms with E-state index in [-0.39, 0.29) is 18.2 Å². The molecule has 0 saturated carbocycles. The summed E-state index contributed by atoms with van der Waals surface area (Å²) in [5.41, 5.74) is 6.80. The number of benzene rings is 2. The zero-order chi connectivity index (χ0) is 15.2. The van der Waals surface area contributed by atoms with Crippen molar-refractivity contribution in [1.82, 2.24) is 0 Å². The Morgan fingerprint density at radius 2 is 2.05 bits per heavy atom. The van der Waals surface area contributed by atoms with Crippen molar-refractivity contribution in [3.63, 3.8) is 0 Å². The second-order valence-corrected chi connectivity index (χ2v) is 5.22. The fourth-order valence-corrected chi connectivity index (χ4v) is 2.09. The number of anilines is 2. The van der Waals surface area contributed by atoms with Crippen LogP contribution in [-0.4, -0.2) is 12.5 Å². The zero-order valence-corrected chi connectivity index (χ0v) is 12.7. The summed E-state index contributed by atoms with van der Waals surface area (Å²) in [6, 6.07) is 11.6. The molecule has 2 aromatic carbocycles. The summed E-state index contributed by atoms with van der Waals surface area (Å²) in [4.78, 5) is 11.7. The molecule has 21 heavy (non-hydrogen) atoms. The molecular formula is C15H14BrFN2O2. The van der Waals surface area contributed by atoms with E-state index >= 15 is 0 Å². The van der Waals surface area contributed by atoms with Crippen LogP contribution in [0.5, 0.6) is 0 Å². The van der Waals surface area contributed by atoms with Crippen molar-refractivity contribution in [2.24, 2.45) is 0 Å². The molecule has 0 saturated heterocycles. The lowest BCUT2D eigenvalue weighted by Gasteiger charge is -2.08. The highest BCUT2D eigenvalue weighted by Gasteiger charge is 2.06. The molecule has 110 valence electrons. The summed E-state index contributed by atoms with van der Waals surface area (Å²) in [6.45, 7) is 0.221. The van der Waals surface area contributed by atoms with Gasteiger partial charge in [0.2, 0.25) is 5.91 Å². The van der Waals surface area contributed by atoms with Crippen LogP contribution < -0.4 is 11.1 Å². The molecule has 3 N–H and O–H groups in total. The van der Waals surface area contributed by atoms with Crippen LogP contribution in [0, 0.1) is 5.82 Å². The monoisotopic (exact) mass is 352 g/mol. The Morgan fingerprint density at radius 1 is 1.29 bits per heavy atom. The molecule has 2 rings (SSSR count). The van der Waals surface area contributed by atoms with E-state index in [1.807, 2.05) is 24.3 Å². The minimum Gasteiger partial charge on any atom is -0.396 e. The molecule has 0 fully saturated rings. The molecule has 0 aliphatic heterocycles. The second kappa shape index (κ2) is 7.19. The van der Waals surface area contributed by atoms with E-state index in [2.05, 4.69) is 21.2 Å². The van der Waals surface area contributed by atoms with E-state index < -0.39 is 5.82 Å². The van der Waals surface area contributed by atoms with Crippen LogP contribution >= 0.6 is 15.9 Å². The molecule has 0 atom stereocenters. The molecule has 0 radical (unpaired) electrons. The number of nitrogens with one attached hydrogen (secondary N) is 1. The van der Waals surface area contributed by atoms with Crippen LogP contribution in [0.4, 0.5) is 15.8 Å². The Bertz CT molecular complexity index is 649. The maximum absolute atomic E-state index is 13.0. The first-order valence-corrected chi connectivity index (χ1v) is 7.01. The molecule has 0 unspecified atom stereocenters. The number of carbonyl (C=O) groups excluding carboxylic acids is 1. The van der Waals surface area contributed by atoms with E-state index in [4.69, 9.17) is 10.5 Å². The lowest BCUT2D eigenvalue weighted by molar-refractivity contribution is -0.121. The van der Waals surface area contributed by atoms with Gasteiger partial charge in [0, 0.05) is 10.2 Å². The minimum absolute atomic E-state index is 0.0121. The number of halogens is 2. The number of carbonyl (C=O) groups is 1. The molecule has 0 bridgehead atoms. The van der Waals surface area contributed by atoms with Crippen molar-refractivity contribution in [2.75, 3.05) is 17.7 Å². The summed E-state index contributed by atoms with van der Waals surface area (Å²) in [5.74, 6) is -0.841. The summed E-state index contributed by atoms with van der Waals surface area (Å²) in [7, 11) is 0. The third-order valence-electron chi connectivity index (χ3n) is 2.73. The first-order chi connectivity index (χ1) is 10.1. The molecule has 0 aromatic heterocycles. The Morgan fingerprint density at radius 3 is 2.76 bits per heavy atom. The fraction of sp³-hybridized carbons (Fsp3) is 0.133. The van der Waals surface area contributed by atoms with Gasteiger partial charge in [-0.05, 0) is 29.8 Å². The van der Waals surface area contributed by atoms with Gasteiger partial charge in [0.1, 0.15) is 12.4 Å². The first-order valence-electron chi connectivity index (χ1n) is 6.22. The molecule has 2 aromatic rings. The topological polar surface area (TPSA) is 64.3 Å². The average Bonchev–Trinajstić information content (AvgIpc) is 2.45. The van der Waals surface area contributed by atoms with Crippen molar-refractivity contribution in [2.45, 2.75) is 6.61 Å². The lowest BCUT2D eigenvalue weighted by Crippen LogP contribution is -2.18. The van der Waals surface area contributed by atoms with E-state index in [1.165, 1.54) is 18.2 Å². The van der Waals surface area contributed by atoms with Gasteiger partial charge in [0.25, 0.3) is 0 Å². The second-order valence-electron chi connectivity index (χ2n) is 4.37. The van der Waals surface area contributed by atoms with Crippen molar-refractivity contribution in [3.8, 4) is 0 Å². The van der Waals surface area contributed by atoms with Gasteiger partial charge < -0.3 is 15.8 Å². The van der Waals surface area contributed by atoms with Gasteiger partial charge in [-0.25, -0.2) is 4.39 Å². The number of hydrogen-bond acceptors (Lipinski definition) is 3. The average molecular weight is 353 g/mol. The number of rotatable bonds is 5. The standard InChI is InChI=1S/C15H14BrFN2O2/c16-12-4-2-1-3-10(12)8-21-9-15(20)19-11-5-6-13(17)14(18)7-11/h1-7H,8-9,18H2,(H,19,20). The van der Waals surface area contributed by atoms with Gasteiger partial charge in [0.15, 0.2) is 0 Å². The maximum atomic E-state index is 13.0. The number of nitrogens with two attached hydrogens (primary N) is 1. The number of hydrogen-bond donors (Lipinski definition) is 2. The smallest absolute Gasteiger partial charge is 0.250 e. The number of ether oxygens (including phenoxy) is 1. The van der Waals surface area contributed by atoms with Crippen LogP contribution in [0.15, 0.2) is 46.9 Å². The Balaban J connectivity index is 1.82. The van der Waals surface area contributed by atoms with Crippen LogP contribution in [0.2, 0.25) is 0 Å². The van der Waals surface area contributed by atoms with Crippen LogP contribution in [-0.2, 0) is 16.1 Å². The van der Waals surface area contributed by atoms with E-state index in [9.17, 15) is 9.18 Å². The summed E-state index contributed by atoms with van der Waals surface area (Å²) in [6.07, 6.45) is 0. The molecule has 4 nitrogen and oxygen atoms in total. The number of nitrogen functional groups attached to an aromatic ring is 1. The van der Waals surface area contributed by atoms with Crippen LogP contribution in [0.3, 0.4) is 0 Å². The van der Waals surface area contributed by atoms with Crippen LogP contribution in [0.25, 0.3) is 0 Å².